The molecule has 1 saturated heterocycles. The lowest BCUT2D eigenvalue weighted by atomic mass is 10.0. The molecule has 3 heterocycles. The number of fused-ring (bicyclic) bond motifs is 1. The highest BCUT2D eigenvalue weighted by Crippen LogP contribution is 2.21. The van der Waals surface area contributed by atoms with Crippen molar-refractivity contribution < 1.29 is 0 Å². The third kappa shape index (κ3) is 1.61. The molecule has 0 aliphatic carbocycles. The zero-order valence-corrected chi connectivity index (χ0v) is 8.56. The molecule has 0 saturated carbocycles. The van der Waals surface area contributed by atoms with E-state index in [0.29, 0.717) is 6.04 Å². The Balaban J connectivity index is 1.96. The average Bonchev–Trinajstić information content (AvgIpc) is 2.74. The van der Waals surface area contributed by atoms with Gasteiger partial charge in [0, 0.05) is 18.6 Å². The van der Waals surface area contributed by atoms with E-state index in [1.165, 1.54) is 19.3 Å². The molecule has 0 bridgehead atoms. The lowest BCUT2D eigenvalue weighted by molar-refractivity contribution is 0.406. The van der Waals surface area contributed by atoms with Crippen molar-refractivity contribution in [2.24, 2.45) is 0 Å². The SMILES string of the molecule is c1cnc2nc(C3CCCCN3)cn2c1. The highest BCUT2D eigenvalue weighted by Gasteiger charge is 2.17. The Hall–Kier alpha value is -1.42. The Morgan fingerprint density at radius 2 is 2.40 bits per heavy atom. The van der Waals surface area contributed by atoms with E-state index >= 15 is 0 Å². The second kappa shape index (κ2) is 3.62. The van der Waals surface area contributed by atoms with Gasteiger partial charge < -0.3 is 5.32 Å². The molecule has 0 aromatic carbocycles. The van der Waals surface area contributed by atoms with Gasteiger partial charge in [-0.2, -0.15) is 0 Å². The molecule has 1 fully saturated rings. The smallest absolute Gasteiger partial charge is 0.233 e. The quantitative estimate of drug-likeness (QED) is 0.762. The molecule has 0 spiro atoms. The van der Waals surface area contributed by atoms with Gasteiger partial charge in [0.2, 0.25) is 5.78 Å². The molecule has 1 aliphatic rings. The van der Waals surface area contributed by atoms with Gasteiger partial charge in [0.1, 0.15) is 0 Å². The fraction of sp³-hybridized carbons (Fsp3) is 0.455. The molecule has 1 N–H and O–H groups in total. The van der Waals surface area contributed by atoms with Gasteiger partial charge in [-0.05, 0) is 25.5 Å². The molecular formula is C11H14N4. The topological polar surface area (TPSA) is 42.2 Å². The number of hydrogen-bond acceptors (Lipinski definition) is 3. The molecule has 3 rings (SSSR count). The zero-order valence-electron chi connectivity index (χ0n) is 8.56. The summed E-state index contributed by atoms with van der Waals surface area (Å²) >= 11 is 0. The van der Waals surface area contributed by atoms with Gasteiger partial charge in [-0.25, -0.2) is 9.97 Å². The maximum absolute atomic E-state index is 4.53. The first-order valence-corrected chi connectivity index (χ1v) is 5.46. The first-order valence-electron chi connectivity index (χ1n) is 5.46. The van der Waals surface area contributed by atoms with Crippen LogP contribution in [0.2, 0.25) is 0 Å². The number of nitrogens with zero attached hydrogens (tertiary/aromatic N) is 3. The van der Waals surface area contributed by atoms with Crippen LogP contribution < -0.4 is 5.32 Å². The van der Waals surface area contributed by atoms with Crippen molar-refractivity contribution in [2.75, 3.05) is 6.54 Å². The van der Waals surface area contributed by atoms with Gasteiger partial charge in [-0.1, -0.05) is 6.42 Å². The summed E-state index contributed by atoms with van der Waals surface area (Å²) < 4.78 is 1.98. The lowest BCUT2D eigenvalue weighted by Crippen LogP contribution is -2.26. The molecule has 2 aromatic heterocycles. The molecule has 1 aliphatic heterocycles. The molecule has 0 radical (unpaired) electrons. The van der Waals surface area contributed by atoms with E-state index in [0.717, 1.165) is 18.0 Å². The number of rotatable bonds is 1. The van der Waals surface area contributed by atoms with Crippen LogP contribution in [0.3, 0.4) is 0 Å². The van der Waals surface area contributed by atoms with E-state index in [9.17, 15) is 0 Å². The average molecular weight is 202 g/mol. The van der Waals surface area contributed by atoms with Crippen LogP contribution >= 0.6 is 0 Å². The van der Waals surface area contributed by atoms with Crippen molar-refractivity contribution in [3.05, 3.63) is 30.4 Å². The molecule has 1 unspecified atom stereocenters. The Kier molecular flexibility index (Phi) is 2.14. The molecular weight excluding hydrogens is 188 g/mol. The highest BCUT2D eigenvalue weighted by atomic mass is 15.1. The van der Waals surface area contributed by atoms with Crippen LogP contribution in [0, 0.1) is 0 Å². The third-order valence-electron chi connectivity index (χ3n) is 2.92. The molecule has 15 heavy (non-hydrogen) atoms. The van der Waals surface area contributed by atoms with E-state index in [-0.39, 0.29) is 0 Å². The maximum atomic E-state index is 4.53. The van der Waals surface area contributed by atoms with Crippen LogP contribution in [-0.2, 0) is 0 Å². The summed E-state index contributed by atoms with van der Waals surface area (Å²) in [5.74, 6) is 0.792. The van der Waals surface area contributed by atoms with Gasteiger partial charge in [-0.15, -0.1) is 0 Å². The van der Waals surface area contributed by atoms with E-state index in [2.05, 4.69) is 21.5 Å². The third-order valence-corrected chi connectivity index (χ3v) is 2.92. The summed E-state index contributed by atoms with van der Waals surface area (Å²) in [5.41, 5.74) is 1.12. The minimum absolute atomic E-state index is 0.417. The maximum Gasteiger partial charge on any atom is 0.233 e. The molecule has 4 nitrogen and oxygen atoms in total. The van der Waals surface area contributed by atoms with Gasteiger partial charge >= 0.3 is 0 Å². The van der Waals surface area contributed by atoms with Crippen molar-refractivity contribution in [3.8, 4) is 0 Å². The number of hydrogen-bond donors (Lipinski definition) is 1. The summed E-state index contributed by atoms with van der Waals surface area (Å²) in [7, 11) is 0. The summed E-state index contributed by atoms with van der Waals surface area (Å²) in [6.45, 7) is 1.10. The predicted molar refractivity (Wildman–Crippen MR) is 57.6 cm³/mol. The highest BCUT2D eigenvalue weighted by molar-refractivity contribution is 5.30. The first-order chi connectivity index (χ1) is 7.43. The number of piperidine rings is 1. The summed E-state index contributed by atoms with van der Waals surface area (Å²) in [4.78, 5) is 8.75. The van der Waals surface area contributed by atoms with Crippen molar-refractivity contribution in [3.63, 3.8) is 0 Å². The van der Waals surface area contributed by atoms with Crippen LogP contribution in [0.15, 0.2) is 24.7 Å². The predicted octanol–water partition coefficient (Wildman–Crippen LogP) is 1.54. The Morgan fingerprint density at radius 1 is 1.40 bits per heavy atom. The second-order valence-electron chi connectivity index (χ2n) is 4.00. The standard InChI is InChI=1S/C11H14N4/c1-2-5-12-9(4-1)10-8-15-7-3-6-13-11(15)14-10/h3,6-9,12H,1-2,4-5H2. The van der Waals surface area contributed by atoms with Crippen molar-refractivity contribution in [1.29, 1.82) is 0 Å². The Bertz CT molecular complexity index is 423. The van der Waals surface area contributed by atoms with Crippen LogP contribution in [0.25, 0.3) is 5.78 Å². The molecule has 0 amide bonds. The Morgan fingerprint density at radius 3 is 3.20 bits per heavy atom. The van der Waals surface area contributed by atoms with Gasteiger partial charge in [0.15, 0.2) is 0 Å². The monoisotopic (exact) mass is 202 g/mol. The number of nitrogens with one attached hydrogen (secondary N) is 1. The molecule has 78 valence electrons. The number of aromatic nitrogens is 3. The van der Waals surface area contributed by atoms with Crippen LogP contribution in [-0.4, -0.2) is 20.9 Å². The fourth-order valence-electron chi connectivity index (χ4n) is 2.12. The van der Waals surface area contributed by atoms with Crippen molar-refractivity contribution >= 4 is 5.78 Å². The van der Waals surface area contributed by atoms with Crippen LogP contribution in [0.4, 0.5) is 0 Å². The number of imidazole rings is 1. The van der Waals surface area contributed by atoms with Gasteiger partial charge in [0.25, 0.3) is 0 Å². The summed E-state index contributed by atoms with van der Waals surface area (Å²) in [6, 6.07) is 2.34. The summed E-state index contributed by atoms with van der Waals surface area (Å²) in [6.07, 6.45) is 9.60. The van der Waals surface area contributed by atoms with E-state index in [4.69, 9.17) is 0 Å². The van der Waals surface area contributed by atoms with Gasteiger partial charge in [0.05, 0.1) is 11.7 Å². The van der Waals surface area contributed by atoms with Crippen molar-refractivity contribution in [2.45, 2.75) is 25.3 Å². The Labute approximate surface area is 88.4 Å². The van der Waals surface area contributed by atoms with Gasteiger partial charge in [-0.3, -0.25) is 4.40 Å². The lowest BCUT2D eigenvalue weighted by Gasteiger charge is -2.21. The fourth-order valence-corrected chi connectivity index (χ4v) is 2.12. The summed E-state index contributed by atoms with van der Waals surface area (Å²) in [5, 5.41) is 3.49. The van der Waals surface area contributed by atoms with E-state index in [1.54, 1.807) is 6.20 Å². The minimum Gasteiger partial charge on any atom is -0.309 e. The second-order valence-corrected chi connectivity index (χ2v) is 4.00. The molecule has 1 atom stereocenters. The van der Waals surface area contributed by atoms with Crippen molar-refractivity contribution in [1.82, 2.24) is 19.7 Å². The van der Waals surface area contributed by atoms with Crippen LogP contribution in [0.5, 0.6) is 0 Å². The first kappa shape index (κ1) is 8.85. The van der Waals surface area contributed by atoms with Crippen LogP contribution in [0.1, 0.15) is 31.0 Å². The van der Waals surface area contributed by atoms with E-state index < -0.39 is 0 Å². The minimum atomic E-state index is 0.417. The molecule has 2 aromatic rings. The normalized spacial score (nSPS) is 22.0. The molecule has 4 heteroatoms. The zero-order chi connectivity index (χ0) is 10.1. The largest absolute Gasteiger partial charge is 0.309 e. The van der Waals surface area contributed by atoms with E-state index in [1.807, 2.05) is 16.7 Å².